The molecule has 0 fully saturated rings. The van der Waals surface area contributed by atoms with Gasteiger partial charge in [-0.15, -0.1) is 10.2 Å². The average Bonchev–Trinajstić information content (AvgIpc) is 3.24. The molecule has 3 aromatic rings. The van der Waals surface area contributed by atoms with E-state index in [-0.39, 0.29) is 33.6 Å². The number of aromatic nitrogens is 3. The van der Waals surface area contributed by atoms with Gasteiger partial charge in [-0.2, -0.15) is 13.2 Å². The summed E-state index contributed by atoms with van der Waals surface area (Å²) in [6, 6.07) is 3.77. The van der Waals surface area contributed by atoms with Gasteiger partial charge in [-0.05, 0) is 12.1 Å². The van der Waals surface area contributed by atoms with Gasteiger partial charge in [0.15, 0.2) is 5.76 Å². The standard InChI is InChI=1S/C18H13ClF4N4O3/c1-8-24-25-17(29-8)13-14(12-10(19)5-4-6-11(12)20)26-30-15(13)9(7-27(2)3)16(28)18(21,22)23/h4-7H,1-3H3/b9-7-. The van der Waals surface area contributed by atoms with E-state index in [9.17, 15) is 22.4 Å². The zero-order valence-corrected chi connectivity index (χ0v) is 16.5. The van der Waals surface area contributed by atoms with Crippen LogP contribution in [0.15, 0.2) is 33.3 Å². The molecule has 0 saturated heterocycles. The summed E-state index contributed by atoms with van der Waals surface area (Å²) in [6.45, 7) is 1.44. The van der Waals surface area contributed by atoms with Gasteiger partial charge in [0, 0.05) is 27.2 Å². The quantitative estimate of drug-likeness (QED) is 0.422. The number of nitrogens with zero attached hydrogens (tertiary/aromatic N) is 4. The van der Waals surface area contributed by atoms with Gasteiger partial charge in [-0.25, -0.2) is 4.39 Å². The maximum absolute atomic E-state index is 14.5. The maximum Gasteiger partial charge on any atom is 0.455 e. The molecule has 2 heterocycles. The van der Waals surface area contributed by atoms with E-state index in [4.69, 9.17) is 20.5 Å². The number of Topliss-reactive ketones (excluding diaryl/α,β-unsaturated/α-hetero) is 1. The molecule has 30 heavy (non-hydrogen) atoms. The molecule has 0 saturated carbocycles. The van der Waals surface area contributed by atoms with E-state index in [0.29, 0.717) is 0 Å². The Bertz CT molecular complexity index is 1110. The van der Waals surface area contributed by atoms with Crippen molar-refractivity contribution in [1.29, 1.82) is 0 Å². The third-order valence-corrected chi connectivity index (χ3v) is 4.08. The highest BCUT2D eigenvalue weighted by atomic mass is 35.5. The van der Waals surface area contributed by atoms with Gasteiger partial charge < -0.3 is 13.8 Å². The molecule has 0 radical (unpaired) electrons. The summed E-state index contributed by atoms with van der Waals surface area (Å²) < 4.78 is 64.6. The van der Waals surface area contributed by atoms with Crippen molar-refractivity contribution < 1.29 is 31.3 Å². The lowest BCUT2D eigenvalue weighted by atomic mass is 10.00. The summed E-state index contributed by atoms with van der Waals surface area (Å²) in [5, 5.41) is 11.0. The zero-order valence-electron chi connectivity index (χ0n) is 15.7. The SMILES string of the molecule is Cc1nnc(-c2c(-c3c(F)cccc3Cl)noc2/C(=C/N(C)C)C(=O)C(F)(F)F)o1. The third-order valence-electron chi connectivity index (χ3n) is 3.77. The molecule has 0 spiro atoms. The minimum atomic E-state index is -5.22. The van der Waals surface area contributed by atoms with Crippen LogP contribution in [0.3, 0.4) is 0 Å². The first-order valence-electron chi connectivity index (χ1n) is 8.25. The Morgan fingerprint density at radius 2 is 1.90 bits per heavy atom. The van der Waals surface area contributed by atoms with Gasteiger partial charge >= 0.3 is 6.18 Å². The van der Waals surface area contributed by atoms with Crippen LogP contribution in [-0.4, -0.2) is 46.3 Å². The lowest BCUT2D eigenvalue weighted by Crippen LogP contribution is -2.25. The van der Waals surface area contributed by atoms with Crippen LogP contribution in [0.25, 0.3) is 28.3 Å². The molecular formula is C18H13ClF4N4O3. The number of alkyl halides is 3. The number of halogens is 5. The number of carbonyl (C=O) groups is 1. The van der Waals surface area contributed by atoms with E-state index >= 15 is 0 Å². The smallest absolute Gasteiger partial charge is 0.421 e. The summed E-state index contributed by atoms with van der Waals surface area (Å²) in [4.78, 5) is 13.3. The van der Waals surface area contributed by atoms with E-state index in [1.54, 1.807) is 0 Å². The second kappa shape index (κ2) is 7.90. The number of hydrogen-bond acceptors (Lipinski definition) is 7. The topological polar surface area (TPSA) is 85.3 Å². The molecule has 0 bridgehead atoms. The number of rotatable bonds is 5. The van der Waals surface area contributed by atoms with Gasteiger partial charge in [0.1, 0.15) is 17.1 Å². The normalized spacial score (nSPS) is 12.3. The monoisotopic (exact) mass is 444 g/mol. The van der Waals surface area contributed by atoms with E-state index < -0.39 is 29.1 Å². The number of hydrogen-bond donors (Lipinski definition) is 0. The Morgan fingerprint density at radius 3 is 2.43 bits per heavy atom. The molecule has 0 unspecified atom stereocenters. The number of aryl methyl sites for hydroxylation is 1. The molecule has 0 aliphatic carbocycles. The van der Waals surface area contributed by atoms with Crippen molar-refractivity contribution in [3.8, 4) is 22.7 Å². The van der Waals surface area contributed by atoms with Crippen molar-refractivity contribution in [3.05, 3.63) is 46.9 Å². The van der Waals surface area contributed by atoms with E-state index in [0.717, 1.165) is 12.3 Å². The Labute approximate surface area is 171 Å². The molecule has 0 N–H and O–H groups in total. The highest BCUT2D eigenvalue weighted by Crippen LogP contribution is 2.42. The van der Waals surface area contributed by atoms with E-state index in [2.05, 4.69) is 15.4 Å². The van der Waals surface area contributed by atoms with Crippen LogP contribution in [0.4, 0.5) is 17.6 Å². The molecule has 158 valence electrons. The van der Waals surface area contributed by atoms with Gasteiger partial charge in [-0.3, -0.25) is 4.79 Å². The fraction of sp³-hybridized carbons (Fsp3) is 0.222. The van der Waals surface area contributed by atoms with Crippen LogP contribution in [-0.2, 0) is 4.79 Å². The van der Waals surface area contributed by atoms with Crippen LogP contribution < -0.4 is 0 Å². The number of carbonyl (C=O) groups excluding carboxylic acids is 1. The van der Waals surface area contributed by atoms with Crippen molar-refractivity contribution in [2.24, 2.45) is 0 Å². The Kier molecular flexibility index (Phi) is 5.66. The molecule has 2 aromatic heterocycles. The van der Waals surface area contributed by atoms with Crippen molar-refractivity contribution in [1.82, 2.24) is 20.3 Å². The largest absolute Gasteiger partial charge is 0.455 e. The van der Waals surface area contributed by atoms with Gasteiger partial charge in [0.25, 0.3) is 11.7 Å². The molecule has 7 nitrogen and oxygen atoms in total. The Morgan fingerprint density at radius 1 is 1.20 bits per heavy atom. The first kappa shape index (κ1) is 21.5. The number of ketones is 1. The molecule has 1 aromatic carbocycles. The summed E-state index contributed by atoms with van der Waals surface area (Å²) in [6.07, 6.45) is -4.32. The van der Waals surface area contributed by atoms with E-state index in [1.807, 2.05) is 0 Å². The minimum absolute atomic E-state index is 0.0722. The lowest BCUT2D eigenvalue weighted by Gasteiger charge is -2.12. The van der Waals surface area contributed by atoms with Crippen LogP contribution in [0.1, 0.15) is 11.7 Å². The van der Waals surface area contributed by atoms with Crippen molar-refractivity contribution in [3.63, 3.8) is 0 Å². The van der Waals surface area contributed by atoms with E-state index in [1.165, 1.54) is 38.1 Å². The van der Waals surface area contributed by atoms with Crippen LogP contribution in [0.2, 0.25) is 5.02 Å². The highest BCUT2D eigenvalue weighted by Gasteiger charge is 2.44. The predicted octanol–water partition coefficient (Wildman–Crippen LogP) is 4.53. The molecule has 3 rings (SSSR count). The Balaban J connectivity index is 2.36. The second-order valence-corrected chi connectivity index (χ2v) is 6.70. The lowest BCUT2D eigenvalue weighted by molar-refractivity contribution is -0.164. The average molecular weight is 445 g/mol. The molecular weight excluding hydrogens is 432 g/mol. The first-order chi connectivity index (χ1) is 14.0. The van der Waals surface area contributed by atoms with Gasteiger partial charge in [0.2, 0.25) is 5.89 Å². The first-order valence-corrected chi connectivity index (χ1v) is 8.63. The van der Waals surface area contributed by atoms with Crippen LogP contribution >= 0.6 is 11.6 Å². The molecule has 0 aliphatic heterocycles. The maximum atomic E-state index is 14.5. The highest BCUT2D eigenvalue weighted by molar-refractivity contribution is 6.33. The van der Waals surface area contributed by atoms with Gasteiger partial charge in [0.05, 0.1) is 16.2 Å². The van der Waals surface area contributed by atoms with Crippen LogP contribution in [0.5, 0.6) is 0 Å². The summed E-state index contributed by atoms with van der Waals surface area (Å²) in [7, 11) is 2.82. The van der Waals surface area contributed by atoms with Crippen LogP contribution in [0, 0.1) is 12.7 Å². The second-order valence-electron chi connectivity index (χ2n) is 6.29. The third kappa shape index (κ3) is 4.06. The van der Waals surface area contributed by atoms with Crippen molar-refractivity contribution in [2.45, 2.75) is 13.1 Å². The predicted molar refractivity (Wildman–Crippen MR) is 97.7 cm³/mol. The minimum Gasteiger partial charge on any atom is -0.421 e. The zero-order chi connectivity index (χ0) is 22.2. The summed E-state index contributed by atoms with van der Waals surface area (Å²) >= 11 is 6.08. The van der Waals surface area contributed by atoms with Crippen molar-refractivity contribution in [2.75, 3.05) is 14.1 Å². The fourth-order valence-electron chi connectivity index (χ4n) is 2.60. The fourth-order valence-corrected chi connectivity index (χ4v) is 2.85. The molecule has 0 atom stereocenters. The molecule has 0 amide bonds. The van der Waals surface area contributed by atoms with Gasteiger partial charge in [-0.1, -0.05) is 22.8 Å². The molecule has 12 heteroatoms. The van der Waals surface area contributed by atoms with Crippen molar-refractivity contribution >= 4 is 23.0 Å². The summed E-state index contributed by atoms with van der Waals surface area (Å²) in [5.74, 6) is -3.89. The number of allylic oxidation sites excluding steroid dienone is 1. The molecule has 0 aliphatic rings. The number of benzene rings is 1. The Hall–Kier alpha value is -3.21. The summed E-state index contributed by atoms with van der Waals surface area (Å²) in [5.41, 5.74) is -1.74.